The molecule has 3 aliphatic rings. The smallest absolute Gasteiger partial charge is 0.223 e. The van der Waals surface area contributed by atoms with Crippen molar-refractivity contribution in [2.24, 2.45) is 23.7 Å². The first-order valence-electron chi connectivity index (χ1n) is 7.61. The van der Waals surface area contributed by atoms with E-state index in [9.17, 15) is 4.79 Å². The zero-order valence-electron chi connectivity index (χ0n) is 11.6. The first-order chi connectivity index (χ1) is 8.63. The number of hydrogen-bond acceptors (Lipinski definition) is 1. The highest BCUT2D eigenvalue weighted by molar-refractivity contribution is 5.77. The topological polar surface area (TPSA) is 20.3 Å². The second-order valence-corrected chi connectivity index (χ2v) is 6.83. The maximum absolute atomic E-state index is 12.5. The Morgan fingerprint density at radius 2 is 2.06 bits per heavy atom. The van der Waals surface area contributed by atoms with Crippen LogP contribution in [0, 0.1) is 23.7 Å². The molecule has 0 unspecified atom stereocenters. The molecule has 1 amide bonds. The molecule has 0 spiro atoms. The average Bonchev–Trinajstić information content (AvgIpc) is 2.91. The van der Waals surface area contributed by atoms with E-state index in [1.54, 1.807) is 0 Å². The van der Waals surface area contributed by atoms with Crippen molar-refractivity contribution in [3.05, 3.63) is 12.2 Å². The molecular formula is C16H25NO. The molecule has 2 bridgehead atoms. The van der Waals surface area contributed by atoms with Gasteiger partial charge in [-0.15, -0.1) is 0 Å². The van der Waals surface area contributed by atoms with E-state index in [0.717, 1.165) is 24.8 Å². The van der Waals surface area contributed by atoms with Crippen molar-refractivity contribution in [1.29, 1.82) is 0 Å². The molecule has 0 heterocycles. The van der Waals surface area contributed by atoms with E-state index in [0.29, 0.717) is 23.8 Å². The number of allylic oxidation sites excluding steroid dienone is 2. The first-order valence-corrected chi connectivity index (χ1v) is 7.61. The van der Waals surface area contributed by atoms with E-state index in [-0.39, 0.29) is 0 Å². The predicted molar refractivity (Wildman–Crippen MR) is 73.0 cm³/mol. The standard InChI is InChI=1S/C16H25NO/c1-11(2)17(10-12-3-4-12)16(18)9-15-8-13-5-6-14(15)7-13/h5-6,11-15H,3-4,7-10H2,1-2H3/t13-,14+,15+/m1/s1. The fourth-order valence-corrected chi connectivity index (χ4v) is 3.65. The number of amides is 1. The second-order valence-electron chi connectivity index (χ2n) is 6.83. The number of fused-ring (bicyclic) bond motifs is 2. The molecule has 0 aromatic rings. The molecular weight excluding hydrogens is 222 g/mol. The van der Waals surface area contributed by atoms with Crippen molar-refractivity contribution >= 4 is 5.91 Å². The van der Waals surface area contributed by atoms with Crippen LogP contribution in [-0.4, -0.2) is 23.4 Å². The van der Waals surface area contributed by atoms with Gasteiger partial charge >= 0.3 is 0 Å². The molecule has 2 saturated carbocycles. The normalized spacial score (nSPS) is 33.4. The Bertz CT molecular complexity index is 356. The SMILES string of the molecule is CC(C)N(CC1CC1)C(=O)C[C@@H]1C[C@@H]2C=C[C@H]1C2. The quantitative estimate of drug-likeness (QED) is 0.683. The Balaban J connectivity index is 1.57. The Hall–Kier alpha value is -0.790. The number of carbonyl (C=O) groups excluding carboxylic acids is 1. The largest absolute Gasteiger partial charge is 0.340 e. The highest BCUT2D eigenvalue weighted by Crippen LogP contribution is 2.45. The van der Waals surface area contributed by atoms with Crippen LogP contribution < -0.4 is 0 Å². The van der Waals surface area contributed by atoms with Gasteiger partial charge in [-0.2, -0.15) is 0 Å². The minimum absolute atomic E-state index is 0.368. The fraction of sp³-hybridized carbons (Fsp3) is 0.812. The molecule has 3 aliphatic carbocycles. The second kappa shape index (κ2) is 4.71. The maximum atomic E-state index is 12.5. The summed E-state index contributed by atoms with van der Waals surface area (Å²) in [4.78, 5) is 14.6. The van der Waals surface area contributed by atoms with Gasteiger partial charge in [-0.1, -0.05) is 12.2 Å². The summed E-state index contributed by atoms with van der Waals surface area (Å²) in [6, 6.07) is 0.368. The van der Waals surface area contributed by atoms with Crippen molar-refractivity contribution in [2.45, 2.75) is 52.0 Å². The Morgan fingerprint density at radius 3 is 2.56 bits per heavy atom. The summed E-state index contributed by atoms with van der Waals surface area (Å²) in [6.07, 6.45) is 10.7. The monoisotopic (exact) mass is 247 g/mol. The molecule has 2 fully saturated rings. The summed E-state index contributed by atoms with van der Waals surface area (Å²) >= 11 is 0. The van der Waals surface area contributed by atoms with E-state index in [1.165, 1.54) is 25.7 Å². The molecule has 0 N–H and O–H groups in total. The van der Waals surface area contributed by atoms with Gasteiger partial charge in [0.25, 0.3) is 0 Å². The lowest BCUT2D eigenvalue weighted by molar-refractivity contribution is -0.134. The Kier molecular flexibility index (Phi) is 3.21. The van der Waals surface area contributed by atoms with E-state index < -0.39 is 0 Å². The molecule has 0 aromatic heterocycles. The summed E-state index contributed by atoms with van der Waals surface area (Å²) in [5, 5.41) is 0. The predicted octanol–water partition coefficient (Wildman–Crippen LogP) is 3.24. The van der Waals surface area contributed by atoms with Crippen LogP contribution in [0.4, 0.5) is 0 Å². The summed E-state index contributed by atoms with van der Waals surface area (Å²) in [5.74, 6) is 3.32. The minimum Gasteiger partial charge on any atom is -0.340 e. The van der Waals surface area contributed by atoms with E-state index in [2.05, 4.69) is 30.9 Å². The molecule has 0 radical (unpaired) electrons. The number of carbonyl (C=O) groups is 1. The minimum atomic E-state index is 0.368. The Labute approximate surface area is 110 Å². The van der Waals surface area contributed by atoms with Gasteiger partial charge in [0.1, 0.15) is 0 Å². The highest BCUT2D eigenvalue weighted by atomic mass is 16.2. The van der Waals surface area contributed by atoms with Crippen LogP contribution in [0.15, 0.2) is 12.2 Å². The summed E-state index contributed by atoms with van der Waals surface area (Å²) in [7, 11) is 0. The summed E-state index contributed by atoms with van der Waals surface area (Å²) in [6.45, 7) is 5.31. The van der Waals surface area contributed by atoms with Gasteiger partial charge in [0.05, 0.1) is 0 Å². The van der Waals surface area contributed by atoms with Crippen molar-refractivity contribution in [3.63, 3.8) is 0 Å². The molecule has 0 saturated heterocycles. The third kappa shape index (κ3) is 2.48. The van der Waals surface area contributed by atoms with Crippen molar-refractivity contribution in [1.82, 2.24) is 4.90 Å². The lowest BCUT2D eigenvalue weighted by atomic mass is 9.90. The van der Waals surface area contributed by atoms with E-state index in [1.807, 2.05) is 0 Å². The van der Waals surface area contributed by atoms with Crippen LogP contribution >= 0.6 is 0 Å². The molecule has 3 atom stereocenters. The highest BCUT2D eigenvalue weighted by Gasteiger charge is 2.38. The van der Waals surface area contributed by atoms with Gasteiger partial charge in [-0.05, 0) is 63.2 Å². The zero-order chi connectivity index (χ0) is 12.7. The molecule has 2 heteroatoms. The van der Waals surface area contributed by atoms with E-state index >= 15 is 0 Å². The average molecular weight is 247 g/mol. The van der Waals surface area contributed by atoms with E-state index in [4.69, 9.17) is 0 Å². The first kappa shape index (κ1) is 12.3. The maximum Gasteiger partial charge on any atom is 0.223 e. The molecule has 18 heavy (non-hydrogen) atoms. The van der Waals surface area contributed by atoms with Crippen LogP contribution in [-0.2, 0) is 4.79 Å². The molecule has 2 nitrogen and oxygen atoms in total. The van der Waals surface area contributed by atoms with Crippen molar-refractivity contribution in [2.75, 3.05) is 6.54 Å². The number of hydrogen-bond donors (Lipinski definition) is 0. The van der Waals surface area contributed by atoms with Gasteiger partial charge in [0, 0.05) is 19.0 Å². The van der Waals surface area contributed by atoms with Crippen LogP contribution in [0.2, 0.25) is 0 Å². The Morgan fingerprint density at radius 1 is 1.28 bits per heavy atom. The number of nitrogens with zero attached hydrogens (tertiary/aromatic N) is 1. The van der Waals surface area contributed by atoms with Gasteiger partial charge in [0.2, 0.25) is 5.91 Å². The molecule has 0 aromatic carbocycles. The van der Waals surface area contributed by atoms with Crippen LogP contribution in [0.5, 0.6) is 0 Å². The van der Waals surface area contributed by atoms with Gasteiger partial charge in [-0.25, -0.2) is 0 Å². The zero-order valence-corrected chi connectivity index (χ0v) is 11.6. The third-order valence-electron chi connectivity index (χ3n) is 4.95. The van der Waals surface area contributed by atoms with Gasteiger partial charge in [-0.3, -0.25) is 4.79 Å². The lowest BCUT2D eigenvalue weighted by Gasteiger charge is -2.29. The summed E-state index contributed by atoms with van der Waals surface area (Å²) in [5.41, 5.74) is 0. The molecule has 0 aliphatic heterocycles. The summed E-state index contributed by atoms with van der Waals surface area (Å²) < 4.78 is 0. The van der Waals surface area contributed by atoms with Gasteiger partial charge in [0.15, 0.2) is 0 Å². The van der Waals surface area contributed by atoms with Crippen LogP contribution in [0.1, 0.15) is 46.0 Å². The van der Waals surface area contributed by atoms with Gasteiger partial charge < -0.3 is 4.90 Å². The molecule has 100 valence electrons. The third-order valence-corrected chi connectivity index (χ3v) is 4.95. The molecule has 3 rings (SSSR count). The van der Waals surface area contributed by atoms with Crippen molar-refractivity contribution in [3.8, 4) is 0 Å². The van der Waals surface area contributed by atoms with Crippen LogP contribution in [0.25, 0.3) is 0 Å². The van der Waals surface area contributed by atoms with Crippen molar-refractivity contribution < 1.29 is 4.79 Å². The lowest BCUT2D eigenvalue weighted by Crippen LogP contribution is -2.39. The fourth-order valence-electron chi connectivity index (χ4n) is 3.65. The van der Waals surface area contributed by atoms with Crippen LogP contribution in [0.3, 0.4) is 0 Å². The number of rotatable bonds is 5.